The summed E-state index contributed by atoms with van der Waals surface area (Å²) in [6.45, 7) is 0.696. The summed E-state index contributed by atoms with van der Waals surface area (Å²) in [5.74, 6) is 0.248. The number of benzene rings is 2. The van der Waals surface area contributed by atoms with Crippen LogP contribution in [0.1, 0.15) is 27.9 Å². The van der Waals surface area contributed by atoms with Crippen LogP contribution < -0.4 is 10.2 Å². The smallest absolute Gasteiger partial charge is 0.274 e. The number of amides is 1. The SMILES string of the molecule is N#Cc1ccc(C(=O)NOCCCOc2cccc(C#N)c2)cc1. The molecule has 0 saturated heterocycles. The highest BCUT2D eigenvalue weighted by atomic mass is 16.7. The molecular weight excluding hydrogens is 306 g/mol. The van der Waals surface area contributed by atoms with Gasteiger partial charge in [-0.3, -0.25) is 9.63 Å². The lowest BCUT2D eigenvalue weighted by molar-refractivity contribution is 0.0271. The van der Waals surface area contributed by atoms with Crippen molar-refractivity contribution < 1.29 is 14.4 Å². The van der Waals surface area contributed by atoms with Gasteiger partial charge >= 0.3 is 0 Å². The predicted molar refractivity (Wildman–Crippen MR) is 85.8 cm³/mol. The number of hydrogen-bond acceptors (Lipinski definition) is 5. The first-order valence-electron chi connectivity index (χ1n) is 7.28. The van der Waals surface area contributed by atoms with E-state index in [4.69, 9.17) is 20.1 Å². The number of nitrogens with one attached hydrogen (secondary N) is 1. The van der Waals surface area contributed by atoms with E-state index in [2.05, 4.69) is 5.48 Å². The average molecular weight is 321 g/mol. The van der Waals surface area contributed by atoms with Crippen molar-refractivity contribution >= 4 is 5.91 Å². The lowest BCUT2D eigenvalue weighted by Crippen LogP contribution is -2.24. The Morgan fingerprint density at radius 2 is 1.75 bits per heavy atom. The molecule has 120 valence electrons. The summed E-state index contributed by atoms with van der Waals surface area (Å²) >= 11 is 0. The molecule has 0 atom stereocenters. The van der Waals surface area contributed by atoms with Crippen molar-refractivity contribution in [1.29, 1.82) is 10.5 Å². The minimum Gasteiger partial charge on any atom is -0.493 e. The Bertz CT molecular complexity index is 773. The van der Waals surface area contributed by atoms with Gasteiger partial charge in [0.15, 0.2) is 0 Å². The van der Waals surface area contributed by atoms with Crippen LogP contribution in [0, 0.1) is 22.7 Å². The van der Waals surface area contributed by atoms with Crippen molar-refractivity contribution in [2.45, 2.75) is 6.42 Å². The number of nitriles is 2. The Labute approximate surface area is 139 Å². The summed E-state index contributed by atoms with van der Waals surface area (Å²) < 4.78 is 5.49. The first kappa shape index (κ1) is 17.0. The zero-order chi connectivity index (χ0) is 17.2. The largest absolute Gasteiger partial charge is 0.493 e. The highest BCUT2D eigenvalue weighted by Gasteiger charge is 2.05. The van der Waals surface area contributed by atoms with Crippen LogP contribution in [0.15, 0.2) is 48.5 Å². The zero-order valence-electron chi connectivity index (χ0n) is 12.9. The van der Waals surface area contributed by atoms with Crippen molar-refractivity contribution in [2.24, 2.45) is 0 Å². The monoisotopic (exact) mass is 321 g/mol. The summed E-state index contributed by atoms with van der Waals surface area (Å²) in [6.07, 6.45) is 0.574. The van der Waals surface area contributed by atoms with E-state index in [0.29, 0.717) is 42.1 Å². The molecule has 0 radical (unpaired) electrons. The summed E-state index contributed by atoms with van der Waals surface area (Å²) in [5, 5.41) is 17.5. The molecule has 6 heteroatoms. The summed E-state index contributed by atoms with van der Waals surface area (Å²) in [6, 6.07) is 17.2. The molecule has 0 aliphatic heterocycles. The molecule has 1 N–H and O–H groups in total. The molecule has 2 aromatic rings. The van der Waals surface area contributed by atoms with E-state index in [1.165, 1.54) is 0 Å². The van der Waals surface area contributed by atoms with Crippen molar-refractivity contribution in [3.63, 3.8) is 0 Å². The van der Waals surface area contributed by atoms with E-state index in [0.717, 1.165) is 0 Å². The molecule has 0 aliphatic carbocycles. The van der Waals surface area contributed by atoms with Gasteiger partial charge in [0, 0.05) is 12.0 Å². The second kappa shape index (κ2) is 8.94. The lowest BCUT2D eigenvalue weighted by Gasteiger charge is -2.08. The van der Waals surface area contributed by atoms with Crippen LogP contribution in [0.5, 0.6) is 5.75 Å². The zero-order valence-corrected chi connectivity index (χ0v) is 12.9. The van der Waals surface area contributed by atoms with Gasteiger partial charge in [0.05, 0.1) is 36.5 Å². The van der Waals surface area contributed by atoms with E-state index in [-0.39, 0.29) is 5.91 Å². The number of carbonyl (C=O) groups excluding carboxylic acids is 1. The second-order valence-corrected chi connectivity index (χ2v) is 4.81. The van der Waals surface area contributed by atoms with Crippen LogP contribution in [0.3, 0.4) is 0 Å². The molecule has 24 heavy (non-hydrogen) atoms. The Morgan fingerprint density at radius 3 is 2.46 bits per heavy atom. The number of carbonyl (C=O) groups is 1. The van der Waals surface area contributed by atoms with Crippen LogP contribution >= 0.6 is 0 Å². The molecule has 0 spiro atoms. The Morgan fingerprint density at radius 1 is 1.00 bits per heavy atom. The molecule has 2 aromatic carbocycles. The van der Waals surface area contributed by atoms with Crippen LogP contribution in [0.25, 0.3) is 0 Å². The fraction of sp³-hybridized carbons (Fsp3) is 0.167. The molecule has 0 heterocycles. The molecule has 0 aromatic heterocycles. The van der Waals surface area contributed by atoms with Crippen LogP contribution in [-0.2, 0) is 4.84 Å². The molecule has 0 unspecified atom stereocenters. The van der Waals surface area contributed by atoms with E-state index in [1.54, 1.807) is 48.5 Å². The van der Waals surface area contributed by atoms with Crippen molar-refractivity contribution in [1.82, 2.24) is 5.48 Å². The minimum atomic E-state index is -0.373. The highest BCUT2D eigenvalue weighted by Crippen LogP contribution is 2.12. The van der Waals surface area contributed by atoms with Crippen molar-refractivity contribution in [3.8, 4) is 17.9 Å². The van der Waals surface area contributed by atoms with E-state index in [1.807, 2.05) is 12.1 Å². The first-order chi connectivity index (χ1) is 11.7. The molecule has 0 fully saturated rings. The minimum absolute atomic E-state index is 0.292. The third kappa shape index (κ3) is 5.13. The number of hydroxylamine groups is 1. The molecule has 2 rings (SSSR count). The Kier molecular flexibility index (Phi) is 6.34. The van der Waals surface area contributed by atoms with E-state index >= 15 is 0 Å². The normalized spacial score (nSPS) is 9.58. The summed E-state index contributed by atoms with van der Waals surface area (Å²) in [7, 11) is 0. The van der Waals surface area contributed by atoms with Gasteiger partial charge in [0.1, 0.15) is 5.75 Å². The quantitative estimate of drug-likeness (QED) is 0.624. The van der Waals surface area contributed by atoms with Crippen molar-refractivity contribution in [2.75, 3.05) is 13.2 Å². The Hall–Kier alpha value is -3.35. The van der Waals surface area contributed by atoms with Crippen LogP contribution in [0.2, 0.25) is 0 Å². The molecule has 1 amide bonds. The van der Waals surface area contributed by atoms with Gasteiger partial charge in [-0.15, -0.1) is 0 Å². The van der Waals surface area contributed by atoms with Crippen LogP contribution in [-0.4, -0.2) is 19.1 Å². The second-order valence-electron chi connectivity index (χ2n) is 4.81. The van der Waals surface area contributed by atoms with Gasteiger partial charge in [0.2, 0.25) is 0 Å². The van der Waals surface area contributed by atoms with Crippen molar-refractivity contribution in [3.05, 3.63) is 65.2 Å². The van der Waals surface area contributed by atoms with Gasteiger partial charge in [0.25, 0.3) is 5.91 Å². The average Bonchev–Trinajstić information content (AvgIpc) is 2.64. The number of ether oxygens (including phenoxy) is 1. The molecule has 0 saturated carbocycles. The van der Waals surface area contributed by atoms with Crippen LogP contribution in [0.4, 0.5) is 0 Å². The molecule has 0 aliphatic rings. The standard InChI is InChI=1S/C18H15N3O3/c19-12-14-5-7-16(8-6-14)18(22)21-24-10-2-9-23-17-4-1-3-15(11-17)13-20/h1,3-8,11H,2,9-10H2,(H,21,22). The first-order valence-corrected chi connectivity index (χ1v) is 7.28. The van der Waals surface area contributed by atoms with Gasteiger partial charge in [-0.25, -0.2) is 5.48 Å². The van der Waals surface area contributed by atoms with Gasteiger partial charge in [-0.05, 0) is 42.5 Å². The fourth-order valence-electron chi connectivity index (χ4n) is 1.85. The number of nitrogens with zero attached hydrogens (tertiary/aromatic N) is 2. The van der Waals surface area contributed by atoms with E-state index < -0.39 is 0 Å². The summed E-state index contributed by atoms with van der Waals surface area (Å²) in [5.41, 5.74) is 3.78. The van der Waals surface area contributed by atoms with Gasteiger partial charge in [-0.2, -0.15) is 10.5 Å². The molecule has 6 nitrogen and oxygen atoms in total. The number of hydrogen-bond donors (Lipinski definition) is 1. The number of rotatable bonds is 7. The summed E-state index contributed by atoms with van der Waals surface area (Å²) in [4.78, 5) is 16.9. The highest BCUT2D eigenvalue weighted by molar-refractivity contribution is 5.93. The third-order valence-corrected chi connectivity index (χ3v) is 3.06. The van der Waals surface area contributed by atoms with Gasteiger partial charge < -0.3 is 4.74 Å². The lowest BCUT2D eigenvalue weighted by atomic mass is 10.1. The molecule has 0 bridgehead atoms. The fourth-order valence-corrected chi connectivity index (χ4v) is 1.85. The maximum atomic E-state index is 11.8. The molecular formula is C18H15N3O3. The maximum absolute atomic E-state index is 11.8. The predicted octanol–water partition coefficient (Wildman–Crippen LogP) is 2.56. The van der Waals surface area contributed by atoms with E-state index in [9.17, 15) is 4.79 Å². The van der Waals surface area contributed by atoms with Gasteiger partial charge in [-0.1, -0.05) is 6.07 Å². The third-order valence-electron chi connectivity index (χ3n) is 3.06. The maximum Gasteiger partial charge on any atom is 0.274 e. The topological polar surface area (TPSA) is 95.1 Å². The Balaban J connectivity index is 1.65.